The minimum atomic E-state index is -0.438. The Morgan fingerprint density at radius 1 is 1.42 bits per heavy atom. The highest BCUT2D eigenvalue weighted by atomic mass is 32.1. The summed E-state index contributed by atoms with van der Waals surface area (Å²) in [4.78, 5) is 30.4. The molecule has 1 aromatic carbocycles. The summed E-state index contributed by atoms with van der Waals surface area (Å²) in [6, 6.07) is 5.00. The van der Waals surface area contributed by atoms with Gasteiger partial charge in [0.1, 0.15) is 0 Å². The largest absolute Gasteiger partial charge is 0.419 e. The summed E-state index contributed by atoms with van der Waals surface area (Å²) in [5.41, 5.74) is 2.48. The molecule has 0 saturated heterocycles. The molecule has 0 unspecified atom stereocenters. The number of carbonyl (C=O) groups excluding carboxylic acids is 1. The third kappa shape index (κ3) is 2.99. The number of aromatic nitrogens is 2. The lowest BCUT2D eigenvalue weighted by atomic mass is 10.2. The van der Waals surface area contributed by atoms with Gasteiger partial charge in [0.2, 0.25) is 0 Å². The Morgan fingerprint density at radius 2 is 2.17 bits per heavy atom. The maximum atomic E-state index is 12.6. The van der Waals surface area contributed by atoms with Gasteiger partial charge in [-0.3, -0.25) is 9.36 Å². The van der Waals surface area contributed by atoms with Gasteiger partial charge >= 0.3 is 5.76 Å². The lowest BCUT2D eigenvalue weighted by Crippen LogP contribution is -2.26. The van der Waals surface area contributed by atoms with Crippen LogP contribution in [0.3, 0.4) is 0 Å². The van der Waals surface area contributed by atoms with Crippen LogP contribution < -0.4 is 5.76 Å². The van der Waals surface area contributed by atoms with Crippen molar-refractivity contribution in [1.29, 1.82) is 0 Å². The van der Waals surface area contributed by atoms with Gasteiger partial charge in [-0.2, -0.15) is 0 Å². The molecule has 2 heterocycles. The fraction of sp³-hybridized carbons (Fsp3) is 0.353. The molecule has 0 fully saturated rings. The number of rotatable bonds is 4. The Labute approximate surface area is 143 Å². The molecule has 0 aliphatic rings. The van der Waals surface area contributed by atoms with E-state index in [2.05, 4.69) is 18.8 Å². The third-order valence-electron chi connectivity index (χ3n) is 3.85. The molecule has 7 heteroatoms. The molecule has 0 N–H and O–H groups in total. The summed E-state index contributed by atoms with van der Waals surface area (Å²) in [5.74, 6) is -0.175. The first-order valence-corrected chi connectivity index (χ1v) is 8.54. The number of amides is 1. The molecular weight excluding hydrogens is 326 g/mol. The van der Waals surface area contributed by atoms with Gasteiger partial charge in [-0.05, 0) is 18.2 Å². The minimum Gasteiger partial charge on any atom is -0.408 e. The second-order valence-electron chi connectivity index (χ2n) is 6.10. The van der Waals surface area contributed by atoms with Crippen LogP contribution in [0, 0.1) is 0 Å². The number of hydrogen-bond donors (Lipinski definition) is 0. The molecule has 0 aliphatic heterocycles. The zero-order valence-corrected chi connectivity index (χ0v) is 14.9. The van der Waals surface area contributed by atoms with Crippen molar-refractivity contribution in [2.45, 2.75) is 26.3 Å². The molecule has 0 radical (unpaired) electrons. The van der Waals surface area contributed by atoms with Crippen LogP contribution in [0.5, 0.6) is 0 Å². The SMILES string of the molecule is CC(C)c1nc(CN(C)C(=O)c2ccc3oc(=O)n(C)c3c2)cs1. The van der Waals surface area contributed by atoms with Gasteiger partial charge in [-0.15, -0.1) is 11.3 Å². The van der Waals surface area contributed by atoms with E-state index in [1.807, 2.05) is 5.38 Å². The van der Waals surface area contributed by atoms with Crippen molar-refractivity contribution >= 4 is 28.3 Å². The van der Waals surface area contributed by atoms with Gasteiger partial charge in [0.25, 0.3) is 5.91 Å². The monoisotopic (exact) mass is 345 g/mol. The van der Waals surface area contributed by atoms with E-state index in [4.69, 9.17) is 4.42 Å². The number of benzene rings is 1. The summed E-state index contributed by atoms with van der Waals surface area (Å²) in [6.45, 7) is 4.65. The first kappa shape index (κ1) is 16.4. The number of nitrogens with zero attached hydrogens (tertiary/aromatic N) is 3. The molecule has 2 aromatic heterocycles. The second kappa shape index (κ2) is 6.24. The van der Waals surface area contributed by atoms with Crippen LogP contribution in [0.2, 0.25) is 0 Å². The van der Waals surface area contributed by atoms with Crippen LogP contribution in [0.1, 0.15) is 40.8 Å². The standard InChI is InChI=1S/C17H19N3O3S/c1-10(2)15-18-12(9-24-15)8-19(3)16(21)11-5-6-14-13(7-11)20(4)17(22)23-14/h5-7,9-10H,8H2,1-4H3. The number of carbonyl (C=O) groups is 1. The van der Waals surface area contributed by atoms with Crippen molar-refractivity contribution < 1.29 is 9.21 Å². The zero-order chi connectivity index (χ0) is 17.4. The Morgan fingerprint density at radius 3 is 2.83 bits per heavy atom. The molecule has 0 bridgehead atoms. The van der Waals surface area contributed by atoms with E-state index in [0.29, 0.717) is 29.1 Å². The van der Waals surface area contributed by atoms with Crippen LogP contribution in [-0.2, 0) is 13.6 Å². The van der Waals surface area contributed by atoms with Gasteiger partial charge in [0.05, 0.1) is 22.8 Å². The fourth-order valence-electron chi connectivity index (χ4n) is 2.46. The summed E-state index contributed by atoms with van der Waals surface area (Å²) in [7, 11) is 3.37. The van der Waals surface area contributed by atoms with Crippen LogP contribution in [-0.4, -0.2) is 27.4 Å². The quantitative estimate of drug-likeness (QED) is 0.729. The highest BCUT2D eigenvalue weighted by Gasteiger charge is 2.16. The van der Waals surface area contributed by atoms with E-state index in [0.717, 1.165) is 10.7 Å². The zero-order valence-electron chi connectivity index (χ0n) is 14.1. The van der Waals surface area contributed by atoms with E-state index in [-0.39, 0.29) is 5.91 Å². The molecular formula is C17H19N3O3S. The summed E-state index contributed by atoms with van der Waals surface area (Å²) in [6.07, 6.45) is 0. The Balaban J connectivity index is 1.82. The van der Waals surface area contributed by atoms with Crippen LogP contribution in [0.4, 0.5) is 0 Å². The highest BCUT2D eigenvalue weighted by molar-refractivity contribution is 7.09. The predicted octanol–water partition coefficient (Wildman–Crippen LogP) is 2.98. The van der Waals surface area contributed by atoms with E-state index in [1.54, 1.807) is 48.5 Å². The third-order valence-corrected chi connectivity index (χ3v) is 5.04. The Kier molecular flexibility index (Phi) is 4.28. The number of hydrogen-bond acceptors (Lipinski definition) is 5. The van der Waals surface area contributed by atoms with Crippen molar-refractivity contribution in [2.24, 2.45) is 7.05 Å². The lowest BCUT2D eigenvalue weighted by molar-refractivity contribution is 0.0783. The van der Waals surface area contributed by atoms with E-state index in [1.165, 1.54) is 4.57 Å². The smallest absolute Gasteiger partial charge is 0.408 e. The normalized spacial score (nSPS) is 11.4. The maximum absolute atomic E-state index is 12.6. The topological polar surface area (TPSA) is 68.3 Å². The fourth-order valence-corrected chi connectivity index (χ4v) is 3.28. The molecule has 3 rings (SSSR count). The highest BCUT2D eigenvalue weighted by Crippen LogP contribution is 2.21. The second-order valence-corrected chi connectivity index (χ2v) is 6.99. The van der Waals surface area contributed by atoms with Crippen molar-refractivity contribution in [3.8, 4) is 0 Å². The average molecular weight is 345 g/mol. The summed E-state index contributed by atoms with van der Waals surface area (Å²) >= 11 is 1.61. The average Bonchev–Trinajstić information content (AvgIpc) is 3.12. The Hall–Kier alpha value is -2.41. The molecule has 0 atom stereocenters. The van der Waals surface area contributed by atoms with Gasteiger partial charge < -0.3 is 9.32 Å². The first-order chi connectivity index (χ1) is 11.4. The van der Waals surface area contributed by atoms with Crippen LogP contribution >= 0.6 is 11.3 Å². The van der Waals surface area contributed by atoms with Gasteiger partial charge in [-0.1, -0.05) is 13.8 Å². The number of oxazole rings is 1. The molecule has 126 valence electrons. The summed E-state index contributed by atoms with van der Waals surface area (Å²) < 4.78 is 6.48. The van der Waals surface area contributed by atoms with E-state index in [9.17, 15) is 9.59 Å². The number of fused-ring (bicyclic) bond motifs is 1. The van der Waals surface area contributed by atoms with Gasteiger partial charge in [-0.25, -0.2) is 9.78 Å². The van der Waals surface area contributed by atoms with E-state index < -0.39 is 5.76 Å². The number of thiazole rings is 1. The molecule has 0 aliphatic carbocycles. The molecule has 6 nitrogen and oxygen atoms in total. The van der Waals surface area contributed by atoms with Crippen molar-refractivity contribution in [1.82, 2.24) is 14.5 Å². The molecule has 1 amide bonds. The molecule has 3 aromatic rings. The molecule has 0 spiro atoms. The maximum Gasteiger partial charge on any atom is 0.419 e. The van der Waals surface area contributed by atoms with Gasteiger partial charge in [0, 0.05) is 31.0 Å². The number of aryl methyl sites for hydroxylation is 1. The molecule has 0 saturated carbocycles. The molecule has 24 heavy (non-hydrogen) atoms. The van der Waals surface area contributed by atoms with Crippen molar-refractivity contribution in [3.05, 3.63) is 50.4 Å². The summed E-state index contributed by atoms with van der Waals surface area (Å²) in [5, 5.41) is 3.06. The Bertz CT molecular complexity index is 952. The lowest BCUT2D eigenvalue weighted by Gasteiger charge is -2.16. The van der Waals surface area contributed by atoms with Crippen LogP contribution in [0.25, 0.3) is 11.1 Å². The van der Waals surface area contributed by atoms with Crippen molar-refractivity contribution in [3.63, 3.8) is 0 Å². The van der Waals surface area contributed by atoms with Crippen LogP contribution in [0.15, 0.2) is 32.8 Å². The first-order valence-electron chi connectivity index (χ1n) is 7.66. The minimum absolute atomic E-state index is 0.121. The van der Waals surface area contributed by atoms with E-state index >= 15 is 0 Å². The predicted molar refractivity (Wildman–Crippen MR) is 93.5 cm³/mol. The van der Waals surface area contributed by atoms with Crippen molar-refractivity contribution in [2.75, 3.05) is 7.05 Å². The van der Waals surface area contributed by atoms with Gasteiger partial charge in [0.15, 0.2) is 5.58 Å².